The van der Waals surface area contributed by atoms with Gasteiger partial charge in [-0.15, -0.1) is 0 Å². The van der Waals surface area contributed by atoms with Crippen LogP contribution in [0.4, 0.5) is 23.2 Å². The number of carbonyl (C=O) groups is 3. The van der Waals surface area contributed by atoms with Gasteiger partial charge in [0.05, 0.1) is 23.1 Å². The minimum Gasteiger partial charge on any atom is -0.344 e. The van der Waals surface area contributed by atoms with Crippen LogP contribution >= 0.6 is 0 Å². The summed E-state index contributed by atoms with van der Waals surface area (Å²) in [6.07, 6.45) is -3.84. The van der Waals surface area contributed by atoms with Gasteiger partial charge in [0.2, 0.25) is 5.95 Å². The maximum atomic E-state index is 13.4. The third-order valence-corrected chi connectivity index (χ3v) is 5.95. The van der Waals surface area contributed by atoms with Crippen LogP contribution in [0.5, 0.6) is 0 Å². The van der Waals surface area contributed by atoms with Crippen molar-refractivity contribution < 1.29 is 31.9 Å². The molecule has 2 amide bonds. The molecular weight excluding hydrogens is 432 g/mol. The van der Waals surface area contributed by atoms with Crippen LogP contribution in [0.15, 0.2) is 12.3 Å². The zero-order chi connectivity index (χ0) is 24.0. The van der Waals surface area contributed by atoms with Crippen LogP contribution in [0.2, 0.25) is 0 Å². The van der Waals surface area contributed by atoms with Crippen LogP contribution in [0.25, 0.3) is 0 Å². The first-order valence-electron chi connectivity index (χ1n) is 9.82. The van der Waals surface area contributed by atoms with E-state index in [4.69, 9.17) is 0 Å². The second-order valence-electron chi connectivity index (χ2n) is 8.00. The summed E-state index contributed by atoms with van der Waals surface area (Å²) in [7, 11) is 1.44. The summed E-state index contributed by atoms with van der Waals surface area (Å²) in [5.74, 6) is -3.86. The highest BCUT2D eigenvalue weighted by Crippen LogP contribution is 2.45. The van der Waals surface area contributed by atoms with Gasteiger partial charge < -0.3 is 15.2 Å². The van der Waals surface area contributed by atoms with Gasteiger partial charge in [-0.2, -0.15) is 17.6 Å². The number of aromatic nitrogens is 2. The highest BCUT2D eigenvalue weighted by atomic mass is 19.4. The Hall–Kier alpha value is -3.24. The zero-order valence-corrected chi connectivity index (χ0v) is 17.9. The molecule has 1 aliphatic carbocycles. The quantitative estimate of drug-likeness (QED) is 0.313. The number of halogens is 4. The van der Waals surface area contributed by atoms with Gasteiger partial charge in [-0.1, -0.05) is 0 Å². The SMILES string of the molecule is Cc1cc(NC(=O)c2c(C)c(C(=O)C(=O)NC3(C(F)(F)F)CCC3)n(C)c2C)cnc1F. The molecular formula is C21H22F4N4O3. The number of nitrogens with one attached hydrogen (secondary N) is 2. The molecule has 2 aromatic rings. The molecule has 11 heteroatoms. The van der Waals surface area contributed by atoms with Crippen molar-refractivity contribution in [2.75, 3.05) is 5.32 Å². The molecule has 32 heavy (non-hydrogen) atoms. The van der Waals surface area contributed by atoms with Crippen LogP contribution in [-0.2, 0) is 11.8 Å². The normalized spacial score (nSPS) is 15.1. The van der Waals surface area contributed by atoms with Crippen molar-refractivity contribution in [2.24, 2.45) is 7.05 Å². The van der Waals surface area contributed by atoms with Gasteiger partial charge >= 0.3 is 6.18 Å². The molecule has 0 aromatic carbocycles. The van der Waals surface area contributed by atoms with Crippen molar-refractivity contribution in [1.82, 2.24) is 14.9 Å². The lowest BCUT2D eigenvalue weighted by Gasteiger charge is -2.43. The van der Waals surface area contributed by atoms with Crippen LogP contribution < -0.4 is 10.6 Å². The fraction of sp³-hybridized carbons (Fsp3) is 0.429. The molecule has 0 bridgehead atoms. The number of ketones is 1. The minimum atomic E-state index is -4.67. The van der Waals surface area contributed by atoms with E-state index in [1.165, 1.54) is 38.5 Å². The molecule has 1 aliphatic rings. The molecule has 1 saturated carbocycles. The number of hydrogen-bond donors (Lipinski definition) is 2. The van der Waals surface area contributed by atoms with Gasteiger partial charge in [0.25, 0.3) is 17.6 Å². The molecule has 172 valence electrons. The Bertz CT molecular complexity index is 1120. The van der Waals surface area contributed by atoms with Gasteiger partial charge in [0.15, 0.2) is 0 Å². The van der Waals surface area contributed by atoms with Crippen LogP contribution in [0.1, 0.15) is 56.9 Å². The predicted octanol–water partition coefficient (Wildman–Crippen LogP) is 3.52. The van der Waals surface area contributed by atoms with E-state index >= 15 is 0 Å². The number of nitrogens with zero attached hydrogens (tertiary/aromatic N) is 2. The summed E-state index contributed by atoms with van der Waals surface area (Å²) < 4.78 is 54.7. The Balaban J connectivity index is 1.88. The van der Waals surface area contributed by atoms with E-state index in [0.29, 0.717) is 5.69 Å². The summed E-state index contributed by atoms with van der Waals surface area (Å²) in [6, 6.07) is 1.38. The smallest absolute Gasteiger partial charge is 0.344 e. The summed E-state index contributed by atoms with van der Waals surface area (Å²) in [4.78, 5) is 41.6. The zero-order valence-electron chi connectivity index (χ0n) is 17.9. The van der Waals surface area contributed by atoms with E-state index < -0.39 is 35.3 Å². The molecule has 0 spiro atoms. The number of hydrogen-bond acceptors (Lipinski definition) is 4. The second-order valence-corrected chi connectivity index (χ2v) is 8.00. The largest absolute Gasteiger partial charge is 0.411 e. The van der Waals surface area contributed by atoms with Crippen molar-refractivity contribution in [2.45, 2.75) is 51.7 Å². The van der Waals surface area contributed by atoms with Crippen molar-refractivity contribution in [3.8, 4) is 0 Å². The number of alkyl halides is 3. The molecule has 2 heterocycles. The highest BCUT2D eigenvalue weighted by Gasteiger charge is 2.59. The van der Waals surface area contributed by atoms with E-state index in [1.54, 1.807) is 0 Å². The molecule has 0 saturated heterocycles. The van der Waals surface area contributed by atoms with Crippen LogP contribution in [0, 0.1) is 26.7 Å². The first kappa shape index (κ1) is 23.4. The maximum Gasteiger partial charge on any atom is 0.411 e. The third-order valence-electron chi connectivity index (χ3n) is 5.95. The Kier molecular flexibility index (Phi) is 5.88. The Morgan fingerprint density at radius 2 is 1.78 bits per heavy atom. The van der Waals surface area contributed by atoms with Gasteiger partial charge in [-0.3, -0.25) is 14.4 Å². The summed E-state index contributed by atoms with van der Waals surface area (Å²) >= 11 is 0. The monoisotopic (exact) mass is 454 g/mol. The van der Waals surface area contributed by atoms with E-state index in [-0.39, 0.29) is 47.3 Å². The van der Waals surface area contributed by atoms with E-state index in [1.807, 2.05) is 5.32 Å². The van der Waals surface area contributed by atoms with Gasteiger partial charge in [-0.05, 0) is 51.7 Å². The lowest BCUT2D eigenvalue weighted by molar-refractivity contribution is -0.218. The first-order chi connectivity index (χ1) is 14.8. The number of pyridine rings is 1. The topological polar surface area (TPSA) is 93.1 Å². The number of carbonyl (C=O) groups excluding carboxylic acids is 3. The standard InChI is InChI=1S/C21H22F4N4O3/c1-10-8-13(9-26-17(10)22)27-18(31)14-11(2)15(29(4)12(14)3)16(30)19(32)28-20(6-5-7-20)21(23,24)25/h8-9H,5-7H2,1-4H3,(H,27,31)(H,28,32). The van der Waals surface area contributed by atoms with Gasteiger partial charge in [0, 0.05) is 18.3 Å². The van der Waals surface area contributed by atoms with E-state index in [9.17, 15) is 31.9 Å². The lowest BCUT2D eigenvalue weighted by atomic mass is 9.76. The predicted molar refractivity (Wildman–Crippen MR) is 107 cm³/mol. The molecule has 3 rings (SSSR count). The number of rotatable bonds is 5. The Labute approximate surface area is 181 Å². The number of amides is 2. The fourth-order valence-corrected chi connectivity index (χ4v) is 3.85. The number of anilines is 1. The van der Waals surface area contributed by atoms with Crippen molar-refractivity contribution in [1.29, 1.82) is 0 Å². The summed E-state index contributed by atoms with van der Waals surface area (Å²) in [5.41, 5.74) is -1.59. The molecule has 2 N–H and O–H groups in total. The van der Waals surface area contributed by atoms with Gasteiger partial charge in [0.1, 0.15) is 5.54 Å². The number of Topliss-reactive ketones (excluding diaryl/α,β-unsaturated/α-hetero) is 1. The molecule has 0 aliphatic heterocycles. The van der Waals surface area contributed by atoms with E-state index in [0.717, 1.165) is 6.20 Å². The molecule has 7 nitrogen and oxygen atoms in total. The van der Waals surface area contributed by atoms with Gasteiger partial charge in [-0.25, -0.2) is 4.98 Å². The maximum absolute atomic E-state index is 13.4. The average molecular weight is 454 g/mol. The Morgan fingerprint density at radius 1 is 1.16 bits per heavy atom. The number of aryl methyl sites for hydroxylation is 1. The van der Waals surface area contributed by atoms with Crippen molar-refractivity contribution in [3.05, 3.63) is 46.3 Å². The molecule has 0 unspecified atom stereocenters. The Morgan fingerprint density at radius 3 is 2.28 bits per heavy atom. The van der Waals surface area contributed by atoms with Crippen LogP contribution in [0.3, 0.4) is 0 Å². The summed E-state index contributed by atoms with van der Waals surface area (Å²) in [6.45, 7) is 4.44. The van der Waals surface area contributed by atoms with Crippen molar-refractivity contribution >= 4 is 23.3 Å². The minimum absolute atomic E-state index is 0.0832. The summed E-state index contributed by atoms with van der Waals surface area (Å²) in [5, 5.41) is 4.41. The molecule has 1 fully saturated rings. The van der Waals surface area contributed by atoms with E-state index in [2.05, 4.69) is 10.3 Å². The third kappa shape index (κ3) is 3.87. The first-order valence-corrected chi connectivity index (χ1v) is 9.82. The lowest BCUT2D eigenvalue weighted by Crippen LogP contribution is -2.64. The van der Waals surface area contributed by atoms with Crippen molar-refractivity contribution in [3.63, 3.8) is 0 Å². The van der Waals surface area contributed by atoms with Crippen LogP contribution in [-0.4, -0.2) is 38.9 Å². The fourth-order valence-electron chi connectivity index (χ4n) is 3.85. The average Bonchev–Trinajstić information content (AvgIpc) is 2.88. The molecule has 0 radical (unpaired) electrons. The second kappa shape index (κ2) is 8.03. The molecule has 0 atom stereocenters. The highest BCUT2D eigenvalue weighted by molar-refractivity contribution is 6.43. The molecule has 2 aromatic heterocycles.